The summed E-state index contributed by atoms with van der Waals surface area (Å²) in [6, 6.07) is 8.46. The first-order chi connectivity index (χ1) is 12.3. The Morgan fingerprint density at radius 3 is 2.80 bits per heavy atom. The first kappa shape index (κ1) is 16.6. The van der Waals surface area contributed by atoms with Crippen LogP contribution < -0.4 is 4.90 Å². The molecule has 1 aliphatic carbocycles. The van der Waals surface area contributed by atoms with Crippen molar-refractivity contribution in [2.24, 2.45) is 5.92 Å². The van der Waals surface area contributed by atoms with Crippen LogP contribution in [0.2, 0.25) is 0 Å². The Bertz CT molecular complexity index is 757. The number of carbonyl (C=O) groups is 1. The van der Waals surface area contributed by atoms with Crippen LogP contribution in [0.4, 0.5) is 6.01 Å². The van der Waals surface area contributed by atoms with Gasteiger partial charge in [-0.05, 0) is 38.0 Å². The molecule has 0 spiro atoms. The molecule has 0 N–H and O–H groups in total. The second-order valence-electron chi connectivity index (χ2n) is 6.90. The molecule has 0 unspecified atom stereocenters. The molecule has 2 heterocycles. The van der Waals surface area contributed by atoms with Gasteiger partial charge in [0.2, 0.25) is 5.89 Å². The van der Waals surface area contributed by atoms with E-state index in [1.807, 2.05) is 30.5 Å². The number of ketones is 1. The molecule has 2 fully saturated rings. The molecule has 1 aliphatic heterocycles. The predicted octanol–water partition coefficient (Wildman–Crippen LogP) is 4.16. The van der Waals surface area contributed by atoms with E-state index in [9.17, 15) is 4.79 Å². The minimum absolute atomic E-state index is 0.0129. The lowest BCUT2D eigenvalue weighted by Gasteiger charge is -2.31. The summed E-state index contributed by atoms with van der Waals surface area (Å²) in [7, 11) is 0. The number of piperidine rings is 1. The van der Waals surface area contributed by atoms with Gasteiger partial charge in [0.1, 0.15) is 0 Å². The van der Waals surface area contributed by atoms with Crippen LogP contribution in [0.1, 0.15) is 54.3 Å². The van der Waals surface area contributed by atoms with E-state index in [4.69, 9.17) is 4.42 Å². The van der Waals surface area contributed by atoms with E-state index in [-0.39, 0.29) is 11.7 Å². The summed E-state index contributed by atoms with van der Waals surface area (Å²) in [5.74, 6) is 1.42. The van der Waals surface area contributed by atoms with Crippen molar-refractivity contribution < 1.29 is 9.21 Å². The Morgan fingerprint density at radius 1 is 1.20 bits per heavy atom. The maximum absolute atomic E-state index is 13.0. The zero-order valence-electron chi connectivity index (χ0n) is 14.5. The molecule has 2 aromatic rings. The summed E-state index contributed by atoms with van der Waals surface area (Å²) in [6.45, 7) is 1.54. The Morgan fingerprint density at radius 2 is 2.04 bits per heavy atom. The van der Waals surface area contributed by atoms with Crippen molar-refractivity contribution in [3.05, 3.63) is 35.7 Å². The molecule has 25 heavy (non-hydrogen) atoms. The average molecular weight is 357 g/mol. The average Bonchev–Trinajstić information content (AvgIpc) is 3.09. The lowest BCUT2D eigenvalue weighted by molar-refractivity contribution is 0.0903. The van der Waals surface area contributed by atoms with Crippen LogP contribution in [0, 0.1) is 5.92 Å². The van der Waals surface area contributed by atoms with E-state index < -0.39 is 0 Å². The molecule has 4 rings (SSSR count). The van der Waals surface area contributed by atoms with E-state index in [1.54, 1.807) is 11.8 Å². The second kappa shape index (κ2) is 7.20. The zero-order valence-corrected chi connectivity index (χ0v) is 15.3. The van der Waals surface area contributed by atoms with Gasteiger partial charge in [-0.2, -0.15) is 0 Å². The van der Waals surface area contributed by atoms with E-state index in [2.05, 4.69) is 15.1 Å². The van der Waals surface area contributed by atoms with Gasteiger partial charge < -0.3 is 9.32 Å². The van der Waals surface area contributed by atoms with E-state index in [0.29, 0.717) is 18.5 Å². The molecular weight excluding hydrogens is 334 g/mol. The number of benzene rings is 1. The molecule has 1 aromatic carbocycles. The van der Waals surface area contributed by atoms with Crippen LogP contribution >= 0.6 is 11.8 Å². The molecular formula is C19H23N3O2S. The molecule has 1 atom stereocenters. The van der Waals surface area contributed by atoms with E-state index in [1.165, 1.54) is 6.42 Å². The topological polar surface area (TPSA) is 59.2 Å². The van der Waals surface area contributed by atoms with Crippen molar-refractivity contribution in [1.82, 2.24) is 10.2 Å². The smallest absolute Gasteiger partial charge is 0.318 e. The first-order valence-electron chi connectivity index (χ1n) is 9.02. The van der Waals surface area contributed by atoms with Crippen LogP contribution in [0.3, 0.4) is 0 Å². The van der Waals surface area contributed by atoms with Crippen LogP contribution in [0.25, 0.3) is 0 Å². The third-order valence-electron chi connectivity index (χ3n) is 5.32. The van der Waals surface area contributed by atoms with E-state index in [0.717, 1.165) is 48.6 Å². The van der Waals surface area contributed by atoms with Crippen LogP contribution in [-0.2, 0) is 0 Å². The highest BCUT2D eigenvalue weighted by molar-refractivity contribution is 7.98. The summed E-state index contributed by atoms with van der Waals surface area (Å²) in [5, 5.41) is 8.46. The summed E-state index contributed by atoms with van der Waals surface area (Å²) >= 11 is 1.63. The standard InChI is InChI=1S/C19H23N3O2S/c1-25-16-10-3-2-9-15(16)17(23)14-8-5-11-22(12-14)19-21-20-18(24-19)13-6-4-7-13/h2-3,9-10,13-14H,4-8,11-12H2,1H3/t14-/m0/s1. The third kappa shape index (κ3) is 3.32. The highest BCUT2D eigenvalue weighted by Crippen LogP contribution is 2.37. The van der Waals surface area contributed by atoms with Gasteiger partial charge in [-0.15, -0.1) is 16.9 Å². The molecule has 0 bridgehead atoms. The van der Waals surface area contributed by atoms with Gasteiger partial charge >= 0.3 is 6.01 Å². The molecule has 2 aliphatic rings. The lowest BCUT2D eigenvalue weighted by Crippen LogP contribution is -2.39. The van der Waals surface area contributed by atoms with Crippen LogP contribution in [0.15, 0.2) is 33.6 Å². The fourth-order valence-electron chi connectivity index (χ4n) is 3.61. The normalized spacial score (nSPS) is 21.2. The minimum Gasteiger partial charge on any atom is -0.408 e. The predicted molar refractivity (Wildman–Crippen MR) is 98.4 cm³/mol. The van der Waals surface area contributed by atoms with Crippen LogP contribution in [-0.4, -0.2) is 35.3 Å². The number of nitrogens with zero attached hydrogens (tertiary/aromatic N) is 3. The number of hydrogen-bond acceptors (Lipinski definition) is 6. The largest absolute Gasteiger partial charge is 0.408 e. The van der Waals surface area contributed by atoms with Crippen LogP contribution in [0.5, 0.6) is 0 Å². The Kier molecular flexibility index (Phi) is 4.79. The maximum atomic E-state index is 13.0. The van der Waals surface area contributed by atoms with Gasteiger partial charge in [-0.25, -0.2) is 0 Å². The van der Waals surface area contributed by atoms with Gasteiger partial charge in [0.15, 0.2) is 5.78 Å². The number of carbonyl (C=O) groups excluding carboxylic acids is 1. The quantitative estimate of drug-likeness (QED) is 0.591. The minimum atomic E-state index is -0.0129. The Balaban J connectivity index is 1.48. The summed E-state index contributed by atoms with van der Waals surface area (Å²) in [5.41, 5.74) is 0.836. The van der Waals surface area contributed by atoms with Gasteiger partial charge in [-0.1, -0.05) is 29.7 Å². The molecule has 6 heteroatoms. The Hall–Kier alpha value is -1.82. The van der Waals surface area contributed by atoms with Crippen molar-refractivity contribution in [1.29, 1.82) is 0 Å². The summed E-state index contributed by atoms with van der Waals surface area (Å²) in [6.07, 6.45) is 7.44. The number of anilines is 1. The van der Waals surface area contributed by atoms with Gasteiger partial charge in [0.05, 0.1) is 0 Å². The molecule has 0 amide bonds. The number of hydrogen-bond donors (Lipinski definition) is 0. The highest BCUT2D eigenvalue weighted by Gasteiger charge is 2.31. The maximum Gasteiger partial charge on any atom is 0.318 e. The first-order valence-corrected chi connectivity index (χ1v) is 10.2. The van der Waals surface area contributed by atoms with Gasteiger partial charge in [0, 0.05) is 35.4 Å². The molecule has 132 valence electrons. The van der Waals surface area contributed by atoms with Gasteiger partial charge in [-0.3, -0.25) is 4.79 Å². The van der Waals surface area contributed by atoms with Crippen molar-refractivity contribution in [2.45, 2.75) is 42.9 Å². The number of aromatic nitrogens is 2. The summed E-state index contributed by atoms with van der Waals surface area (Å²) < 4.78 is 5.89. The molecule has 1 saturated carbocycles. The number of rotatable bonds is 5. The van der Waals surface area contributed by atoms with Crippen molar-refractivity contribution in [3.8, 4) is 0 Å². The second-order valence-corrected chi connectivity index (χ2v) is 7.75. The fraction of sp³-hybridized carbons (Fsp3) is 0.526. The Labute approximate surface area is 152 Å². The third-order valence-corrected chi connectivity index (χ3v) is 6.12. The van der Waals surface area contributed by atoms with Crippen molar-refractivity contribution >= 4 is 23.6 Å². The zero-order chi connectivity index (χ0) is 17.2. The number of Topliss-reactive ketones (excluding diaryl/α,β-unsaturated/α-hetero) is 1. The monoisotopic (exact) mass is 357 g/mol. The molecule has 1 saturated heterocycles. The van der Waals surface area contributed by atoms with E-state index >= 15 is 0 Å². The van der Waals surface area contributed by atoms with Crippen molar-refractivity contribution in [3.63, 3.8) is 0 Å². The van der Waals surface area contributed by atoms with Gasteiger partial charge in [0.25, 0.3) is 0 Å². The fourth-order valence-corrected chi connectivity index (χ4v) is 4.21. The number of thioether (sulfide) groups is 1. The SMILES string of the molecule is CSc1ccccc1C(=O)[C@H]1CCCN(c2nnc(C3CCC3)o2)C1. The molecule has 0 radical (unpaired) electrons. The summed E-state index contributed by atoms with van der Waals surface area (Å²) in [4.78, 5) is 16.2. The molecule has 5 nitrogen and oxygen atoms in total. The van der Waals surface area contributed by atoms with Crippen molar-refractivity contribution in [2.75, 3.05) is 24.2 Å². The highest BCUT2D eigenvalue weighted by atomic mass is 32.2. The lowest BCUT2D eigenvalue weighted by atomic mass is 9.85. The molecule has 1 aromatic heterocycles.